The molecule has 0 spiro atoms. The van der Waals surface area contributed by atoms with Crippen molar-refractivity contribution in [2.75, 3.05) is 5.88 Å². The Morgan fingerprint density at radius 2 is 2.24 bits per heavy atom. The van der Waals surface area contributed by atoms with Crippen LogP contribution in [0.4, 0.5) is 0 Å². The molecule has 3 aromatic rings. The number of benzene rings is 1. The van der Waals surface area contributed by atoms with Crippen LogP contribution in [-0.4, -0.2) is 20.4 Å². The van der Waals surface area contributed by atoms with Gasteiger partial charge in [-0.05, 0) is 32.0 Å². The van der Waals surface area contributed by atoms with Crippen molar-refractivity contribution in [3.8, 4) is 0 Å². The number of aromatic nitrogens is 3. The Kier molecular flexibility index (Phi) is 4.04. The molecule has 4 nitrogen and oxygen atoms in total. The lowest BCUT2D eigenvalue weighted by Crippen LogP contribution is -2.11. The fourth-order valence-corrected chi connectivity index (χ4v) is 3.00. The fraction of sp³-hybridized carbons (Fsp3) is 0.333. The van der Waals surface area contributed by atoms with Crippen LogP contribution in [0.3, 0.4) is 0 Å². The molecule has 0 amide bonds. The number of hydrogen-bond acceptors (Lipinski definition) is 3. The lowest BCUT2D eigenvalue weighted by Gasteiger charge is -2.14. The van der Waals surface area contributed by atoms with Crippen molar-refractivity contribution in [1.82, 2.24) is 14.5 Å². The van der Waals surface area contributed by atoms with Crippen molar-refractivity contribution >= 4 is 38.6 Å². The number of rotatable bonds is 4. The minimum atomic E-state index is -0.0313. The van der Waals surface area contributed by atoms with Gasteiger partial charge in [-0.25, -0.2) is 9.97 Å². The Hall–Kier alpha value is -1.33. The first kappa shape index (κ1) is 14.6. The molecule has 1 unspecified atom stereocenters. The van der Waals surface area contributed by atoms with Crippen molar-refractivity contribution in [3.63, 3.8) is 0 Å². The number of alkyl halides is 1. The molecule has 0 aliphatic heterocycles. The third-order valence-electron chi connectivity index (χ3n) is 3.43. The molecule has 110 valence electrons. The van der Waals surface area contributed by atoms with Gasteiger partial charge in [0.25, 0.3) is 0 Å². The topological polar surface area (TPSA) is 43.9 Å². The number of fused-ring (bicyclic) bond motifs is 1. The summed E-state index contributed by atoms with van der Waals surface area (Å²) in [4.78, 5) is 9.03. The molecule has 1 aromatic carbocycles. The average molecular weight is 369 g/mol. The van der Waals surface area contributed by atoms with E-state index >= 15 is 0 Å². The molecule has 1 atom stereocenters. The second-order valence-corrected chi connectivity index (χ2v) is 6.25. The Labute approximate surface area is 136 Å². The molecule has 0 bridgehead atoms. The first-order chi connectivity index (χ1) is 10.1. The summed E-state index contributed by atoms with van der Waals surface area (Å²) in [6.45, 7) is 3.95. The van der Waals surface area contributed by atoms with Gasteiger partial charge in [0.1, 0.15) is 17.6 Å². The number of nitrogens with zero attached hydrogens (tertiary/aromatic N) is 3. The van der Waals surface area contributed by atoms with Crippen LogP contribution in [0.1, 0.15) is 30.4 Å². The van der Waals surface area contributed by atoms with E-state index in [9.17, 15) is 0 Å². The van der Waals surface area contributed by atoms with E-state index in [1.807, 2.05) is 19.1 Å². The highest BCUT2D eigenvalue weighted by Crippen LogP contribution is 2.28. The Morgan fingerprint density at radius 1 is 1.43 bits per heavy atom. The Balaban J connectivity index is 2.18. The minimum Gasteiger partial charge on any atom is -0.444 e. The molecular formula is C15H15BrClN3O. The summed E-state index contributed by atoms with van der Waals surface area (Å²) < 4.78 is 8.84. The van der Waals surface area contributed by atoms with Crippen molar-refractivity contribution < 1.29 is 4.42 Å². The first-order valence-corrected chi connectivity index (χ1v) is 8.07. The smallest absolute Gasteiger partial charge is 0.217 e. The summed E-state index contributed by atoms with van der Waals surface area (Å²) in [7, 11) is 0. The van der Waals surface area contributed by atoms with Crippen LogP contribution in [0, 0.1) is 6.92 Å². The first-order valence-electron chi connectivity index (χ1n) is 6.75. The maximum Gasteiger partial charge on any atom is 0.217 e. The van der Waals surface area contributed by atoms with Crippen LogP contribution in [0.15, 0.2) is 33.3 Å². The van der Waals surface area contributed by atoms with Crippen LogP contribution in [-0.2, 0) is 6.42 Å². The summed E-state index contributed by atoms with van der Waals surface area (Å²) in [5.74, 6) is 2.97. The largest absolute Gasteiger partial charge is 0.444 e. The molecule has 0 saturated carbocycles. The van der Waals surface area contributed by atoms with Crippen molar-refractivity contribution in [2.45, 2.75) is 26.3 Å². The summed E-state index contributed by atoms with van der Waals surface area (Å²) >= 11 is 9.44. The monoisotopic (exact) mass is 367 g/mol. The fourth-order valence-electron chi connectivity index (χ4n) is 2.48. The zero-order chi connectivity index (χ0) is 15.0. The van der Waals surface area contributed by atoms with E-state index < -0.39 is 0 Å². The molecule has 0 fully saturated rings. The molecule has 6 heteroatoms. The van der Waals surface area contributed by atoms with E-state index in [1.165, 1.54) is 0 Å². The van der Waals surface area contributed by atoms with Crippen LogP contribution in [0.5, 0.6) is 0 Å². The molecule has 2 heterocycles. The van der Waals surface area contributed by atoms with Crippen LogP contribution >= 0.6 is 27.5 Å². The lowest BCUT2D eigenvalue weighted by molar-refractivity contribution is 0.414. The van der Waals surface area contributed by atoms with Crippen molar-refractivity contribution in [3.05, 3.63) is 46.3 Å². The van der Waals surface area contributed by atoms with Crippen LogP contribution < -0.4 is 0 Å². The zero-order valence-corrected chi connectivity index (χ0v) is 14.1. The van der Waals surface area contributed by atoms with Gasteiger partial charge in [0.15, 0.2) is 0 Å². The minimum absolute atomic E-state index is 0.0313. The van der Waals surface area contributed by atoms with Gasteiger partial charge in [-0.15, -0.1) is 11.6 Å². The summed E-state index contributed by atoms with van der Waals surface area (Å²) in [5, 5.41) is 0. The normalized spacial score (nSPS) is 13.0. The van der Waals surface area contributed by atoms with Gasteiger partial charge in [0, 0.05) is 16.8 Å². The van der Waals surface area contributed by atoms with Crippen molar-refractivity contribution in [1.29, 1.82) is 0 Å². The number of halogens is 2. The van der Waals surface area contributed by atoms with E-state index in [0.717, 1.165) is 27.1 Å². The maximum atomic E-state index is 5.92. The van der Waals surface area contributed by atoms with Crippen LogP contribution in [0.25, 0.3) is 11.0 Å². The number of imidazole rings is 1. The second-order valence-electron chi connectivity index (χ2n) is 4.96. The van der Waals surface area contributed by atoms with E-state index in [0.29, 0.717) is 18.2 Å². The zero-order valence-electron chi connectivity index (χ0n) is 11.8. The van der Waals surface area contributed by atoms with Gasteiger partial charge < -0.3 is 8.98 Å². The molecule has 21 heavy (non-hydrogen) atoms. The highest BCUT2D eigenvalue weighted by atomic mass is 79.9. The highest BCUT2D eigenvalue weighted by Gasteiger charge is 2.20. The Bertz CT molecular complexity index is 780. The summed E-state index contributed by atoms with van der Waals surface area (Å²) in [5.41, 5.74) is 2.00. The third kappa shape index (κ3) is 2.72. The molecule has 3 rings (SSSR count). The van der Waals surface area contributed by atoms with Gasteiger partial charge in [0.05, 0.1) is 17.2 Å². The molecular weight excluding hydrogens is 354 g/mol. The highest BCUT2D eigenvalue weighted by molar-refractivity contribution is 9.10. The summed E-state index contributed by atoms with van der Waals surface area (Å²) in [6, 6.07) is 6.02. The number of hydrogen-bond donors (Lipinski definition) is 0. The van der Waals surface area contributed by atoms with Gasteiger partial charge in [0.2, 0.25) is 5.89 Å². The molecule has 0 saturated heterocycles. The van der Waals surface area contributed by atoms with Crippen molar-refractivity contribution in [2.24, 2.45) is 0 Å². The molecule has 0 aliphatic rings. The van der Waals surface area contributed by atoms with Gasteiger partial charge in [-0.3, -0.25) is 0 Å². The van der Waals surface area contributed by atoms with Crippen LogP contribution in [0.2, 0.25) is 0 Å². The van der Waals surface area contributed by atoms with E-state index in [-0.39, 0.29) is 6.04 Å². The average Bonchev–Trinajstić information content (AvgIpc) is 3.02. The SMILES string of the molecule is Cc1cnc(C(C)n2c(CCCl)nc3ccc(Br)cc32)o1. The maximum absolute atomic E-state index is 5.92. The number of oxazole rings is 1. The standard InChI is InChI=1S/C15H15BrClN3O/c1-9-8-18-15(21-9)10(2)20-13-7-11(16)3-4-12(13)19-14(20)5-6-17/h3-4,7-8,10H,5-6H2,1-2H3. The third-order valence-corrected chi connectivity index (χ3v) is 4.11. The number of aryl methyl sites for hydroxylation is 2. The predicted octanol–water partition coefficient (Wildman–Crippen LogP) is 4.49. The van der Waals surface area contributed by atoms with E-state index in [4.69, 9.17) is 16.0 Å². The van der Waals surface area contributed by atoms with E-state index in [1.54, 1.807) is 6.20 Å². The second kappa shape index (κ2) is 5.81. The molecule has 0 radical (unpaired) electrons. The van der Waals surface area contributed by atoms with Gasteiger partial charge in [-0.2, -0.15) is 0 Å². The predicted molar refractivity (Wildman–Crippen MR) is 86.9 cm³/mol. The molecule has 2 aromatic heterocycles. The van der Waals surface area contributed by atoms with Gasteiger partial charge >= 0.3 is 0 Å². The summed E-state index contributed by atoms with van der Waals surface area (Å²) in [6.07, 6.45) is 2.44. The molecule has 0 N–H and O–H groups in total. The lowest BCUT2D eigenvalue weighted by atomic mass is 10.2. The van der Waals surface area contributed by atoms with Gasteiger partial charge in [-0.1, -0.05) is 15.9 Å². The molecule has 0 aliphatic carbocycles. The quantitative estimate of drug-likeness (QED) is 0.637. The Morgan fingerprint density at radius 3 is 2.90 bits per heavy atom. The van der Waals surface area contributed by atoms with E-state index in [2.05, 4.69) is 43.5 Å².